The monoisotopic (exact) mass is 252 g/mol. The topological polar surface area (TPSA) is 17.1 Å². The molecule has 0 N–H and O–H groups in total. The highest BCUT2D eigenvalue weighted by atomic mass is 16.1. The van der Waals surface area contributed by atoms with Gasteiger partial charge in [-0.05, 0) is 29.5 Å². The zero-order valence-corrected chi connectivity index (χ0v) is 11.6. The number of Topliss-reactive ketones (excluding diaryl/α,β-unsaturated/α-hetero) is 1. The number of aryl methyl sites for hydroxylation is 1. The molecular formula is C18H20O. The second kappa shape index (κ2) is 6.33. The molecule has 2 aromatic carbocycles. The molecule has 0 radical (unpaired) electrons. The third-order valence-corrected chi connectivity index (χ3v) is 3.44. The van der Waals surface area contributed by atoms with Crippen molar-refractivity contribution in [3.63, 3.8) is 0 Å². The Morgan fingerprint density at radius 1 is 0.789 bits per heavy atom. The number of carbonyl (C=O) groups excluding carboxylic acids is 1. The van der Waals surface area contributed by atoms with Gasteiger partial charge in [0.05, 0.1) is 0 Å². The Morgan fingerprint density at radius 3 is 1.74 bits per heavy atom. The summed E-state index contributed by atoms with van der Waals surface area (Å²) in [5, 5.41) is 0. The van der Waals surface area contributed by atoms with Gasteiger partial charge in [0.2, 0.25) is 0 Å². The van der Waals surface area contributed by atoms with Crippen molar-refractivity contribution in [3.05, 3.63) is 70.8 Å². The summed E-state index contributed by atoms with van der Waals surface area (Å²) in [5.41, 5.74) is 4.74. The lowest BCUT2D eigenvalue weighted by atomic mass is 10.0. The number of hydrogen-bond acceptors (Lipinski definition) is 1. The standard InChI is InChI=1S/C18H20O/c1-3-14-5-7-15(8-6-14)13-16-9-11-17(12-10-16)18(19)4-2/h5-12H,3-4,13H2,1-2H3. The molecule has 0 atom stereocenters. The van der Waals surface area contributed by atoms with Crippen LogP contribution in [0.25, 0.3) is 0 Å². The molecular weight excluding hydrogens is 232 g/mol. The van der Waals surface area contributed by atoms with Crippen LogP contribution in [0.3, 0.4) is 0 Å². The van der Waals surface area contributed by atoms with Gasteiger partial charge in [-0.15, -0.1) is 0 Å². The summed E-state index contributed by atoms with van der Waals surface area (Å²) in [4.78, 5) is 11.6. The zero-order valence-electron chi connectivity index (χ0n) is 11.6. The fourth-order valence-corrected chi connectivity index (χ4v) is 2.14. The second-order valence-corrected chi connectivity index (χ2v) is 4.82. The van der Waals surface area contributed by atoms with E-state index < -0.39 is 0 Å². The van der Waals surface area contributed by atoms with E-state index in [9.17, 15) is 4.79 Å². The van der Waals surface area contributed by atoms with Crippen LogP contribution in [0, 0.1) is 0 Å². The summed E-state index contributed by atoms with van der Waals surface area (Å²) >= 11 is 0. The normalized spacial score (nSPS) is 10.4. The lowest BCUT2D eigenvalue weighted by Gasteiger charge is -2.04. The van der Waals surface area contributed by atoms with Gasteiger partial charge < -0.3 is 0 Å². The van der Waals surface area contributed by atoms with Gasteiger partial charge in [-0.25, -0.2) is 0 Å². The third-order valence-electron chi connectivity index (χ3n) is 3.44. The molecule has 98 valence electrons. The highest BCUT2D eigenvalue weighted by molar-refractivity contribution is 5.95. The first kappa shape index (κ1) is 13.5. The summed E-state index contributed by atoms with van der Waals surface area (Å²) < 4.78 is 0. The molecule has 0 aliphatic carbocycles. The van der Waals surface area contributed by atoms with Crippen molar-refractivity contribution in [2.75, 3.05) is 0 Å². The predicted octanol–water partition coefficient (Wildman–Crippen LogP) is 4.43. The molecule has 0 saturated carbocycles. The average molecular weight is 252 g/mol. The lowest BCUT2D eigenvalue weighted by molar-refractivity contribution is 0.0988. The first-order valence-corrected chi connectivity index (χ1v) is 6.93. The van der Waals surface area contributed by atoms with Crippen LogP contribution in [-0.2, 0) is 12.8 Å². The summed E-state index contributed by atoms with van der Waals surface area (Å²) in [7, 11) is 0. The number of hydrogen-bond donors (Lipinski definition) is 0. The third kappa shape index (κ3) is 3.54. The molecule has 0 bridgehead atoms. The van der Waals surface area contributed by atoms with E-state index >= 15 is 0 Å². The minimum atomic E-state index is 0.207. The maximum Gasteiger partial charge on any atom is 0.162 e. The molecule has 19 heavy (non-hydrogen) atoms. The van der Waals surface area contributed by atoms with E-state index in [-0.39, 0.29) is 5.78 Å². The Labute approximate surface area is 115 Å². The molecule has 2 aromatic rings. The minimum absolute atomic E-state index is 0.207. The van der Waals surface area contributed by atoms with Crippen LogP contribution in [0.2, 0.25) is 0 Å². The summed E-state index contributed by atoms with van der Waals surface area (Å²) in [6, 6.07) is 16.7. The molecule has 1 heteroatoms. The fraction of sp³-hybridized carbons (Fsp3) is 0.278. The Kier molecular flexibility index (Phi) is 4.51. The zero-order chi connectivity index (χ0) is 13.7. The van der Waals surface area contributed by atoms with Gasteiger partial charge in [0.15, 0.2) is 5.78 Å². The van der Waals surface area contributed by atoms with Crippen molar-refractivity contribution >= 4 is 5.78 Å². The maximum atomic E-state index is 11.6. The first-order valence-electron chi connectivity index (χ1n) is 6.93. The Balaban J connectivity index is 2.08. The molecule has 0 fully saturated rings. The van der Waals surface area contributed by atoms with E-state index in [4.69, 9.17) is 0 Å². The summed E-state index contributed by atoms with van der Waals surface area (Å²) in [5.74, 6) is 0.207. The van der Waals surface area contributed by atoms with E-state index in [1.54, 1.807) is 0 Å². The fourth-order valence-electron chi connectivity index (χ4n) is 2.14. The van der Waals surface area contributed by atoms with Crippen molar-refractivity contribution in [2.45, 2.75) is 33.1 Å². The second-order valence-electron chi connectivity index (χ2n) is 4.82. The van der Waals surface area contributed by atoms with Crippen LogP contribution >= 0.6 is 0 Å². The highest BCUT2D eigenvalue weighted by Gasteiger charge is 2.03. The van der Waals surface area contributed by atoms with Crippen molar-refractivity contribution in [1.82, 2.24) is 0 Å². The van der Waals surface area contributed by atoms with E-state index in [0.29, 0.717) is 6.42 Å². The molecule has 0 heterocycles. The molecule has 0 unspecified atom stereocenters. The SMILES string of the molecule is CCC(=O)c1ccc(Cc2ccc(CC)cc2)cc1. The minimum Gasteiger partial charge on any atom is -0.294 e. The van der Waals surface area contributed by atoms with Crippen LogP contribution in [0.4, 0.5) is 0 Å². The lowest BCUT2D eigenvalue weighted by Crippen LogP contribution is -1.97. The highest BCUT2D eigenvalue weighted by Crippen LogP contribution is 2.13. The summed E-state index contributed by atoms with van der Waals surface area (Å²) in [6.07, 6.45) is 2.57. The van der Waals surface area contributed by atoms with Crippen LogP contribution in [0.15, 0.2) is 48.5 Å². The van der Waals surface area contributed by atoms with Gasteiger partial charge in [-0.3, -0.25) is 4.79 Å². The molecule has 0 amide bonds. The van der Waals surface area contributed by atoms with Gasteiger partial charge in [-0.1, -0.05) is 62.4 Å². The van der Waals surface area contributed by atoms with Crippen molar-refractivity contribution in [1.29, 1.82) is 0 Å². The van der Waals surface area contributed by atoms with Gasteiger partial charge in [0, 0.05) is 12.0 Å². The Bertz CT molecular complexity index is 535. The van der Waals surface area contributed by atoms with Gasteiger partial charge in [0.1, 0.15) is 0 Å². The van der Waals surface area contributed by atoms with E-state index in [1.807, 2.05) is 19.1 Å². The van der Waals surface area contributed by atoms with Crippen molar-refractivity contribution in [2.24, 2.45) is 0 Å². The van der Waals surface area contributed by atoms with E-state index in [1.165, 1.54) is 16.7 Å². The van der Waals surface area contributed by atoms with Crippen LogP contribution < -0.4 is 0 Å². The van der Waals surface area contributed by atoms with Gasteiger partial charge in [0.25, 0.3) is 0 Å². The van der Waals surface area contributed by atoms with Crippen LogP contribution in [0.5, 0.6) is 0 Å². The molecule has 1 nitrogen and oxygen atoms in total. The van der Waals surface area contributed by atoms with E-state index in [2.05, 4.69) is 43.3 Å². The number of rotatable bonds is 5. The Morgan fingerprint density at radius 2 is 1.26 bits per heavy atom. The van der Waals surface area contributed by atoms with E-state index in [0.717, 1.165) is 18.4 Å². The number of ketones is 1. The maximum absolute atomic E-state index is 11.6. The van der Waals surface area contributed by atoms with Crippen LogP contribution in [0.1, 0.15) is 47.3 Å². The molecule has 2 rings (SSSR count). The van der Waals surface area contributed by atoms with Crippen molar-refractivity contribution in [3.8, 4) is 0 Å². The van der Waals surface area contributed by atoms with Crippen LogP contribution in [-0.4, -0.2) is 5.78 Å². The first-order chi connectivity index (χ1) is 9.22. The average Bonchev–Trinajstić information content (AvgIpc) is 2.48. The molecule has 0 aromatic heterocycles. The summed E-state index contributed by atoms with van der Waals surface area (Å²) in [6.45, 7) is 4.06. The van der Waals surface area contributed by atoms with Crippen molar-refractivity contribution < 1.29 is 4.79 Å². The molecule has 0 saturated heterocycles. The number of carbonyl (C=O) groups is 1. The molecule has 0 spiro atoms. The van der Waals surface area contributed by atoms with Gasteiger partial charge in [-0.2, -0.15) is 0 Å². The molecule has 0 aliphatic heterocycles. The smallest absolute Gasteiger partial charge is 0.162 e. The Hall–Kier alpha value is -1.89. The predicted molar refractivity (Wildman–Crippen MR) is 79.7 cm³/mol. The van der Waals surface area contributed by atoms with Gasteiger partial charge >= 0.3 is 0 Å². The molecule has 0 aliphatic rings. The number of benzene rings is 2. The largest absolute Gasteiger partial charge is 0.294 e. The quantitative estimate of drug-likeness (QED) is 0.719.